The maximum absolute atomic E-state index is 6.25. The maximum Gasteiger partial charge on any atom is 0.137 e. The second-order valence-electron chi connectivity index (χ2n) is 6.64. The standard InChI is InChI=1S/C19H21ClN4/c1-14-2-4-15(5-3-14)19-17(13-23-10-8-21-9-11-23)24-12-16(20)6-7-18(24)22-19/h2-7,12,21H,8-11,13H2,1H3/p+2. The molecule has 4 rings (SSSR count). The summed E-state index contributed by atoms with van der Waals surface area (Å²) in [6, 6.07) is 12.6. The Hall–Kier alpha value is -1.88. The van der Waals surface area contributed by atoms with E-state index < -0.39 is 0 Å². The molecule has 0 atom stereocenters. The van der Waals surface area contributed by atoms with Crippen LogP contribution in [0.25, 0.3) is 16.9 Å². The first kappa shape index (κ1) is 15.6. The lowest BCUT2D eigenvalue weighted by Gasteiger charge is -2.22. The summed E-state index contributed by atoms with van der Waals surface area (Å²) in [7, 11) is 0. The SMILES string of the molecule is Cc1ccc(-c2nc3ccc(Cl)cn3c2C[NH+]2CC[NH2+]CC2)cc1. The van der Waals surface area contributed by atoms with E-state index in [1.54, 1.807) is 4.90 Å². The Labute approximate surface area is 147 Å². The first-order valence-corrected chi connectivity index (χ1v) is 8.97. The van der Waals surface area contributed by atoms with Gasteiger partial charge in [0.25, 0.3) is 0 Å². The fraction of sp³-hybridized carbons (Fsp3) is 0.316. The number of aromatic nitrogens is 2. The molecule has 3 heterocycles. The third-order valence-corrected chi connectivity index (χ3v) is 5.05. The topological polar surface area (TPSA) is 38.4 Å². The third-order valence-electron chi connectivity index (χ3n) is 4.83. The number of halogens is 1. The van der Waals surface area contributed by atoms with Gasteiger partial charge >= 0.3 is 0 Å². The van der Waals surface area contributed by atoms with E-state index in [1.165, 1.54) is 43.0 Å². The number of nitrogens with two attached hydrogens (primary N) is 1. The Kier molecular flexibility index (Phi) is 4.27. The number of nitrogens with zero attached hydrogens (tertiary/aromatic N) is 2. The van der Waals surface area contributed by atoms with E-state index in [-0.39, 0.29) is 0 Å². The lowest BCUT2D eigenvalue weighted by molar-refractivity contribution is -0.958. The van der Waals surface area contributed by atoms with Gasteiger partial charge in [-0.3, -0.25) is 4.40 Å². The van der Waals surface area contributed by atoms with Crippen molar-refractivity contribution in [2.75, 3.05) is 26.2 Å². The molecule has 1 saturated heterocycles. The van der Waals surface area contributed by atoms with Crippen LogP contribution in [0.5, 0.6) is 0 Å². The number of imidazole rings is 1. The number of hydrogen-bond donors (Lipinski definition) is 2. The molecule has 24 heavy (non-hydrogen) atoms. The number of nitrogens with one attached hydrogen (secondary N) is 1. The van der Waals surface area contributed by atoms with Crippen molar-refractivity contribution in [3.05, 3.63) is 58.9 Å². The molecule has 3 N–H and O–H groups in total. The molecule has 0 unspecified atom stereocenters. The Morgan fingerprint density at radius 2 is 1.88 bits per heavy atom. The second-order valence-corrected chi connectivity index (χ2v) is 7.08. The molecule has 124 valence electrons. The van der Waals surface area contributed by atoms with Gasteiger partial charge in [0.2, 0.25) is 0 Å². The van der Waals surface area contributed by atoms with Crippen LogP contribution < -0.4 is 10.2 Å². The highest BCUT2D eigenvalue weighted by atomic mass is 35.5. The van der Waals surface area contributed by atoms with Crippen LogP contribution in [0, 0.1) is 6.92 Å². The molecule has 1 fully saturated rings. The van der Waals surface area contributed by atoms with Crippen LogP contribution in [-0.2, 0) is 6.54 Å². The number of quaternary nitrogens is 2. The van der Waals surface area contributed by atoms with Gasteiger partial charge in [0.1, 0.15) is 44.1 Å². The summed E-state index contributed by atoms with van der Waals surface area (Å²) in [5, 5.41) is 3.15. The molecule has 1 aromatic carbocycles. The lowest BCUT2D eigenvalue weighted by Crippen LogP contribution is -3.19. The molecule has 3 aromatic rings. The normalized spacial score (nSPS) is 15.9. The van der Waals surface area contributed by atoms with Crippen LogP contribution in [0.2, 0.25) is 5.02 Å². The van der Waals surface area contributed by atoms with Gasteiger partial charge in [-0.25, -0.2) is 4.98 Å². The second kappa shape index (κ2) is 6.55. The van der Waals surface area contributed by atoms with E-state index >= 15 is 0 Å². The Morgan fingerprint density at radius 1 is 1.12 bits per heavy atom. The summed E-state index contributed by atoms with van der Waals surface area (Å²) in [5.41, 5.74) is 5.75. The molecule has 0 bridgehead atoms. The first-order valence-electron chi connectivity index (χ1n) is 8.59. The number of pyridine rings is 1. The lowest BCUT2D eigenvalue weighted by atomic mass is 10.1. The van der Waals surface area contributed by atoms with Crippen LogP contribution >= 0.6 is 11.6 Å². The zero-order valence-corrected chi connectivity index (χ0v) is 14.7. The fourth-order valence-corrected chi connectivity index (χ4v) is 3.63. The van der Waals surface area contributed by atoms with Crippen molar-refractivity contribution in [2.24, 2.45) is 0 Å². The zero-order chi connectivity index (χ0) is 16.5. The molecule has 0 radical (unpaired) electrons. The molecule has 0 spiro atoms. The number of rotatable bonds is 3. The highest BCUT2D eigenvalue weighted by molar-refractivity contribution is 6.30. The van der Waals surface area contributed by atoms with E-state index in [4.69, 9.17) is 16.6 Å². The van der Waals surface area contributed by atoms with Crippen molar-refractivity contribution >= 4 is 17.2 Å². The van der Waals surface area contributed by atoms with Gasteiger partial charge in [-0.2, -0.15) is 0 Å². The molecule has 4 nitrogen and oxygen atoms in total. The summed E-state index contributed by atoms with van der Waals surface area (Å²) in [6.07, 6.45) is 1.99. The van der Waals surface area contributed by atoms with Crippen molar-refractivity contribution in [3.63, 3.8) is 0 Å². The van der Waals surface area contributed by atoms with Gasteiger partial charge in [-0.1, -0.05) is 41.4 Å². The summed E-state index contributed by atoms with van der Waals surface area (Å²) in [6.45, 7) is 7.89. The molecular weight excluding hydrogens is 320 g/mol. The van der Waals surface area contributed by atoms with Gasteiger partial charge in [-0.05, 0) is 19.1 Å². The van der Waals surface area contributed by atoms with E-state index in [0.29, 0.717) is 0 Å². The average molecular weight is 343 g/mol. The van der Waals surface area contributed by atoms with Crippen LogP contribution in [0.15, 0.2) is 42.6 Å². The minimum atomic E-state index is 0.749. The Morgan fingerprint density at radius 3 is 2.62 bits per heavy atom. The van der Waals surface area contributed by atoms with E-state index in [2.05, 4.69) is 40.9 Å². The molecule has 1 aliphatic heterocycles. The molecule has 0 saturated carbocycles. The van der Waals surface area contributed by atoms with Gasteiger partial charge in [0.05, 0.1) is 10.7 Å². The number of hydrogen-bond acceptors (Lipinski definition) is 1. The van der Waals surface area contributed by atoms with Crippen LogP contribution in [0.3, 0.4) is 0 Å². The van der Waals surface area contributed by atoms with Gasteiger partial charge in [0.15, 0.2) is 0 Å². The van der Waals surface area contributed by atoms with Crippen molar-refractivity contribution < 1.29 is 10.2 Å². The molecular formula is C19H23ClN4+2. The van der Waals surface area contributed by atoms with E-state index in [0.717, 1.165) is 22.9 Å². The molecule has 0 amide bonds. The highest BCUT2D eigenvalue weighted by Crippen LogP contribution is 2.25. The smallest absolute Gasteiger partial charge is 0.137 e. The van der Waals surface area contributed by atoms with E-state index in [9.17, 15) is 0 Å². The molecule has 0 aliphatic carbocycles. The van der Waals surface area contributed by atoms with Gasteiger partial charge < -0.3 is 10.2 Å². The van der Waals surface area contributed by atoms with Crippen LogP contribution in [0.1, 0.15) is 11.3 Å². The fourth-order valence-electron chi connectivity index (χ4n) is 3.47. The van der Waals surface area contributed by atoms with Gasteiger partial charge in [0, 0.05) is 11.8 Å². The monoisotopic (exact) mass is 342 g/mol. The van der Waals surface area contributed by atoms with Gasteiger partial charge in [-0.15, -0.1) is 0 Å². The average Bonchev–Trinajstić information content (AvgIpc) is 2.94. The minimum absolute atomic E-state index is 0.749. The number of benzene rings is 1. The predicted molar refractivity (Wildman–Crippen MR) is 96.4 cm³/mol. The van der Waals surface area contributed by atoms with E-state index in [1.807, 2.05) is 18.3 Å². The summed E-state index contributed by atoms with van der Waals surface area (Å²) in [5.74, 6) is 0. The number of aryl methyl sites for hydroxylation is 1. The number of piperazine rings is 1. The largest absolute Gasteiger partial charge is 0.337 e. The van der Waals surface area contributed by atoms with Crippen LogP contribution in [0.4, 0.5) is 0 Å². The quantitative estimate of drug-likeness (QED) is 0.730. The summed E-state index contributed by atoms with van der Waals surface area (Å²) in [4.78, 5) is 6.52. The minimum Gasteiger partial charge on any atom is -0.337 e. The van der Waals surface area contributed by atoms with Crippen LogP contribution in [-0.4, -0.2) is 35.6 Å². The van der Waals surface area contributed by atoms with Crippen molar-refractivity contribution in [2.45, 2.75) is 13.5 Å². The highest BCUT2D eigenvalue weighted by Gasteiger charge is 2.22. The maximum atomic E-state index is 6.25. The molecule has 5 heteroatoms. The molecule has 1 aliphatic rings. The van der Waals surface area contributed by atoms with Crippen molar-refractivity contribution in [1.82, 2.24) is 9.38 Å². The first-order chi connectivity index (χ1) is 11.7. The summed E-state index contributed by atoms with van der Waals surface area (Å²) >= 11 is 6.25. The summed E-state index contributed by atoms with van der Waals surface area (Å²) < 4.78 is 2.17. The molecule has 2 aromatic heterocycles. The van der Waals surface area contributed by atoms with Crippen molar-refractivity contribution in [1.29, 1.82) is 0 Å². The Bertz CT molecular complexity index is 848. The number of fused-ring (bicyclic) bond motifs is 1. The van der Waals surface area contributed by atoms with Crippen molar-refractivity contribution in [3.8, 4) is 11.3 Å². The third kappa shape index (κ3) is 3.05. The Balaban J connectivity index is 1.81. The zero-order valence-electron chi connectivity index (χ0n) is 13.9. The predicted octanol–water partition coefficient (Wildman–Crippen LogP) is 0.925.